The Morgan fingerprint density at radius 1 is 1.09 bits per heavy atom. The highest BCUT2D eigenvalue weighted by Gasteiger charge is 2.05. The highest BCUT2D eigenvalue weighted by Crippen LogP contribution is 2.21. The summed E-state index contributed by atoms with van der Waals surface area (Å²) in [6.07, 6.45) is 1.63. The first-order valence-corrected chi connectivity index (χ1v) is 7.25. The van der Waals surface area contributed by atoms with E-state index < -0.39 is 0 Å². The Kier molecular flexibility index (Phi) is 5.31. The summed E-state index contributed by atoms with van der Waals surface area (Å²) in [6, 6.07) is 13.8. The average molecular weight is 295 g/mol. The van der Waals surface area contributed by atoms with Crippen molar-refractivity contribution >= 4 is 17.8 Å². The maximum atomic E-state index is 11.8. The number of amides is 1. The van der Waals surface area contributed by atoms with E-state index in [2.05, 4.69) is 34.9 Å². The van der Waals surface area contributed by atoms with E-state index in [9.17, 15) is 4.79 Å². The molecule has 2 rings (SSSR count). The molecule has 0 saturated carbocycles. The molecule has 0 aromatic heterocycles. The molecule has 0 bridgehead atoms. The molecule has 0 radical (unpaired) electrons. The van der Waals surface area contributed by atoms with Crippen molar-refractivity contribution in [2.24, 2.45) is 5.10 Å². The number of hydrazone groups is 1. The first-order valence-electron chi connectivity index (χ1n) is 7.25. The zero-order valence-electron chi connectivity index (χ0n) is 13.2. The van der Waals surface area contributed by atoms with Gasteiger partial charge in [0.2, 0.25) is 0 Å². The fraction of sp³-hybridized carbons (Fsp3) is 0.222. The molecule has 2 aromatic carbocycles. The Morgan fingerprint density at radius 3 is 2.36 bits per heavy atom. The van der Waals surface area contributed by atoms with E-state index in [1.807, 2.05) is 44.2 Å². The van der Waals surface area contributed by atoms with Crippen molar-refractivity contribution in [1.29, 1.82) is 0 Å². The Morgan fingerprint density at radius 2 is 1.73 bits per heavy atom. The summed E-state index contributed by atoms with van der Waals surface area (Å²) in [7, 11) is 0. The van der Waals surface area contributed by atoms with Crippen molar-refractivity contribution in [3.05, 3.63) is 64.7 Å². The lowest BCUT2D eigenvalue weighted by Crippen LogP contribution is -2.26. The number of nitrogens with one attached hydrogen (secondary N) is 2. The van der Waals surface area contributed by atoms with Gasteiger partial charge in [-0.1, -0.05) is 48.0 Å². The first kappa shape index (κ1) is 15.8. The summed E-state index contributed by atoms with van der Waals surface area (Å²) < 4.78 is 0. The van der Waals surface area contributed by atoms with Crippen LogP contribution in [-0.4, -0.2) is 18.7 Å². The van der Waals surface area contributed by atoms with E-state index >= 15 is 0 Å². The molecule has 1 amide bonds. The van der Waals surface area contributed by atoms with Crippen molar-refractivity contribution in [2.45, 2.75) is 20.8 Å². The van der Waals surface area contributed by atoms with Gasteiger partial charge >= 0.3 is 0 Å². The van der Waals surface area contributed by atoms with Crippen molar-refractivity contribution in [2.75, 3.05) is 11.9 Å². The van der Waals surface area contributed by atoms with E-state index in [-0.39, 0.29) is 12.5 Å². The van der Waals surface area contributed by atoms with Crippen LogP contribution in [0.1, 0.15) is 22.3 Å². The van der Waals surface area contributed by atoms with Gasteiger partial charge in [-0.05, 0) is 37.5 Å². The topological polar surface area (TPSA) is 53.5 Å². The van der Waals surface area contributed by atoms with Gasteiger partial charge in [-0.2, -0.15) is 5.10 Å². The van der Waals surface area contributed by atoms with Crippen LogP contribution in [0.2, 0.25) is 0 Å². The maximum Gasteiger partial charge on any atom is 0.259 e. The Hall–Kier alpha value is -2.62. The second kappa shape index (κ2) is 7.41. The van der Waals surface area contributed by atoms with Crippen molar-refractivity contribution in [1.82, 2.24) is 5.43 Å². The number of hydrogen-bond acceptors (Lipinski definition) is 3. The molecule has 2 N–H and O–H groups in total. The molecule has 0 heterocycles. The van der Waals surface area contributed by atoms with Crippen molar-refractivity contribution in [3.8, 4) is 0 Å². The second-order valence-electron chi connectivity index (χ2n) is 5.33. The Bertz CT molecular complexity index is 655. The Labute approximate surface area is 131 Å². The van der Waals surface area contributed by atoms with Gasteiger partial charge in [0.1, 0.15) is 0 Å². The molecule has 0 fully saturated rings. The molecule has 114 valence electrons. The van der Waals surface area contributed by atoms with Gasteiger partial charge in [0.15, 0.2) is 0 Å². The van der Waals surface area contributed by atoms with Crippen LogP contribution in [0, 0.1) is 20.8 Å². The van der Waals surface area contributed by atoms with E-state index in [0.29, 0.717) is 0 Å². The standard InChI is InChI=1S/C18H21N3O/c1-13-9-14(2)18(15(3)10-13)19-12-17(22)21-20-11-16-7-5-4-6-8-16/h4-11,19H,12H2,1-3H3,(H,21,22)/b20-11-. The molecule has 0 aliphatic heterocycles. The fourth-order valence-corrected chi connectivity index (χ4v) is 2.38. The predicted molar refractivity (Wildman–Crippen MR) is 91.3 cm³/mol. The third kappa shape index (κ3) is 4.45. The average Bonchev–Trinajstić information content (AvgIpc) is 2.47. The third-order valence-electron chi connectivity index (χ3n) is 3.31. The predicted octanol–water partition coefficient (Wildman–Crippen LogP) is 3.17. The molecule has 0 aliphatic carbocycles. The molecule has 2 aromatic rings. The summed E-state index contributed by atoms with van der Waals surface area (Å²) in [5, 5.41) is 7.12. The molecule has 0 saturated heterocycles. The van der Waals surface area contributed by atoms with Crippen LogP contribution >= 0.6 is 0 Å². The normalized spacial score (nSPS) is 10.7. The van der Waals surface area contributed by atoms with Gasteiger partial charge in [-0.25, -0.2) is 5.43 Å². The van der Waals surface area contributed by atoms with Crippen LogP contribution in [0.5, 0.6) is 0 Å². The number of carbonyl (C=O) groups excluding carboxylic acids is 1. The monoisotopic (exact) mass is 295 g/mol. The third-order valence-corrected chi connectivity index (χ3v) is 3.31. The van der Waals surface area contributed by atoms with Crippen LogP contribution in [-0.2, 0) is 4.79 Å². The molecule has 0 unspecified atom stereocenters. The molecule has 4 nitrogen and oxygen atoms in total. The summed E-state index contributed by atoms with van der Waals surface area (Å²) in [6.45, 7) is 6.33. The van der Waals surface area contributed by atoms with E-state index in [4.69, 9.17) is 0 Å². The lowest BCUT2D eigenvalue weighted by atomic mass is 10.1. The SMILES string of the molecule is Cc1cc(C)c(NCC(=O)N/N=C\c2ccccc2)c(C)c1. The highest BCUT2D eigenvalue weighted by molar-refractivity contribution is 5.84. The van der Waals surface area contributed by atoms with Gasteiger partial charge < -0.3 is 5.32 Å². The van der Waals surface area contributed by atoms with Crippen LogP contribution in [0.15, 0.2) is 47.6 Å². The second-order valence-corrected chi connectivity index (χ2v) is 5.33. The van der Waals surface area contributed by atoms with Gasteiger partial charge in [0.25, 0.3) is 5.91 Å². The van der Waals surface area contributed by atoms with Gasteiger partial charge in [-0.3, -0.25) is 4.79 Å². The first-order chi connectivity index (χ1) is 10.6. The number of aryl methyl sites for hydroxylation is 3. The zero-order chi connectivity index (χ0) is 15.9. The van der Waals surface area contributed by atoms with Crippen molar-refractivity contribution in [3.63, 3.8) is 0 Å². The number of nitrogens with zero attached hydrogens (tertiary/aromatic N) is 1. The zero-order valence-corrected chi connectivity index (χ0v) is 13.2. The Balaban J connectivity index is 1.87. The number of carbonyl (C=O) groups is 1. The number of rotatable bonds is 5. The van der Waals surface area contributed by atoms with Crippen LogP contribution in [0.25, 0.3) is 0 Å². The minimum absolute atomic E-state index is 0.174. The maximum absolute atomic E-state index is 11.8. The van der Waals surface area contributed by atoms with Crippen LogP contribution in [0.4, 0.5) is 5.69 Å². The van der Waals surface area contributed by atoms with E-state index in [1.165, 1.54) is 5.56 Å². The van der Waals surface area contributed by atoms with Crippen LogP contribution in [0.3, 0.4) is 0 Å². The number of anilines is 1. The quantitative estimate of drug-likeness (QED) is 0.657. The minimum atomic E-state index is -0.174. The fourth-order valence-electron chi connectivity index (χ4n) is 2.38. The smallest absolute Gasteiger partial charge is 0.259 e. The lowest BCUT2D eigenvalue weighted by Gasteiger charge is -2.13. The summed E-state index contributed by atoms with van der Waals surface area (Å²) in [5.41, 5.74) is 7.97. The molecular formula is C18H21N3O. The highest BCUT2D eigenvalue weighted by atomic mass is 16.2. The molecule has 0 spiro atoms. The van der Waals surface area contributed by atoms with Gasteiger partial charge in [0.05, 0.1) is 12.8 Å². The van der Waals surface area contributed by atoms with Crippen LogP contribution < -0.4 is 10.7 Å². The summed E-state index contributed by atoms with van der Waals surface area (Å²) in [5.74, 6) is -0.174. The molecule has 4 heteroatoms. The minimum Gasteiger partial charge on any atom is -0.376 e. The number of benzene rings is 2. The summed E-state index contributed by atoms with van der Waals surface area (Å²) >= 11 is 0. The molecule has 0 aliphatic rings. The van der Waals surface area contributed by atoms with Gasteiger partial charge in [0, 0.05) is 5.69 Å². The molecular weight excluding hydrogens is 274 g/mol. The number of hydrogen-bond donors (Lipinski definition) is 2. The molecule has 0 atom stereocenters. The summed E-state index contributed by atoms with van der Waals surface area (Å²) in [4.78, 5) is 11.8. The molecule has 22 heavy (non-hydrogen) atoms. The largest absolute Gasteiger partial charge is 0.376 e. The van der Waals surface area contributed by atoms with E-state index in [1.54, 1.807) is 6.21 Å². The van der Waals surface area contributed by atoms with Crippen molar-refractivity contribution < 1.29 is 4.79 Å². The van der Waals surface area contributed by atoms with E-state index in [0.717, 1.165) is 22.4 Å². The van der Waals surface area contributed by atoms with Gasteiger partial charge in [-0.15, -0.1) is 0 Å². The lowest BCUT2D eigenvalue weighted by molar-refractivity contribution is -0.119.